The summed E-state index contributed by atoms with van der Waals surface area (Å²) in [5, 5.41) is 0. The van der Waals surface area contributed by atoms with Crippen molar-refractivity contribution in [3.63, 3.8) is 0 Å². The molecular formula is C11H15N3O2. The van der Waals surface area contributed by atoms with Crippen LogP contribution in [0, 0.1) is 0 Å². The van der Waals surface area contributed by atoms with Gasteiger partial charge >= 0.3 is 0 Å². The Bertz CT molecular complexity index is 421. The van der Waals surface area contributed by atoms with Crippen LogP contribution in [0.1, 0.15) is 36.7 Å². The molecule has 1 unspecified atom stereocenters. The highest BCUT2D eigenvalue weighted by atomic mass is 16.2. The third-order valence-electron chi connectivity index (χ3n) is 2.95. The Morgan fingerprint density at radius 3 is 3.00 bits per heavy atom. The summed E-state index contributed by atoms with van der Waals surface area (Å²) >= 11 is 0. The highest BCUT2D eigenvalue weighted by Crippen LogP contribution is 2.17. The normalized spacial score (nSPS) is 20.8. The summed E-state index contributed by atoms with van der Waals surface area (Å²) in [6.45, 7) is 2.82. The van der Waals surface area contributed by atoms with Crippen LogP contribution in [0.5, 0.6) is 0 Å². The molecule has 2 heterocycles. The predicted octanol–water partition coefficient (Wildman–Crippen LogP) is 0.784. The summed E-state index contributed by atoms with van der Waals surface area (Å²) in [6.07, 6.45) is 5.77. The van der Waals surface area contributed by atoms with E-state index < -0.39 is 0 Å². The minimum atomic E-state index is -0.289. The molecule has 1 aliphatic heterocycles. The smallest absolute Gasteiger partial charge is 0.274 e. The molecule has 86 valence electrons. The summed E-state index contributed by atoms with van der Waals surface area (Å²) < 4.78 is 0. The molecule has 0 aliphatic carbocycles. The van der Waals surface area contributed by atoms with Crippen LogP contribution in [0.15, 0.2) is 17.2 Å². The van der Waals surface area contributed by atoms with Crippen molar-refractivity contribution in [3.05, 3.63) is 28.4 Å². The first-order valence-electron chi connectivity index (χ1n) is 5.54. The van der Waals surface area contributed by atoms with E-state index in [4.69, 9.17) is 0 Å². The standard InChI is InChI=1S/C11H15N3O2/c1-8-4-2-3-5-14(8)11(16)9-6-13-10(15)7-12-9/h6-8H,2-5H2,1H3,(H,13,15). The Morgan fingerprint density at radius 2 is 2.38 bits per heavy atom. The summed E-state index contributed by atoms with van der Waals surface area (Å²) in [5.74, 6) is -0.0940. The molecule has 0 aromatic carbocycles. The lowest BCUT2D eigenvalue weighted by Gasteiger charge is -2.33. The topological polar surface area (TPSA) is 66.1 Å². The molecule has 1 aromatic rings. The van der Waals surface area contributed by atoms with Crippen LogP contribution in [-0.2, 0) is 0 Å². The number of amides is 1. The average molecular weight is 221 g/mol. The second kappa shape index (κ2) is 4.47. The maximum Gasteiger partial charge on any atom is 0.274 e. The zero-order valence-corrected chi connectivity index (χ0v) is 9.27. The maximum absolute atomic E-state index is 12.1. The molecule has 0 spiro atoms. The highest BCUT2D eigenvalue weighted by Gasteiger charge is 2.24. The molecule has 1 fully saturated rings. The molecule has 1 aromatic heterocycles. The lowest BCUT2D eigenvalue weighted by atomic mass is 10.0. The van der Waals surface area contributed by atoms with Crippen molar-refractivity contribution in [1.29, 1.82) is 0 Å². The predicted molar refractivity (Wildman–Crippen MR) is 59.2 cm³/mol. The highest BCUT2D eigenvalue weighted by molar-refractivity contribution is 5.92. The van der Waals surface area contributed by atoms with E-state index in [1.807, 2.05) is 11.8 Å². The number of aromatic nitrogens is 2. The molecular weight excluding hydrogens is 206 g/mol. The van der Waals surface area contributed by atoms with E-state index in [2.05, 4.69) is 9.97 Å². The van der Waals surface area contributed by atoms with E-state index in [1.165, 1.54) is 12.6 Å². The number of nitrogens with zero attached hydrogens (tertiary/aromatic N) is 2. The van der Waals surface area contributed by atoms with Gasteiger partial charge in [0.15, 0.2) is 0 Å². The van der Waals surface area contributed by atoms with Crippen LogP contribution < -0.4 is 5.56 Å². The number of hydrogen-bond donors (Lipinski definition) is 1. The molecule has 0 bridgehead atoms. The Hall–Kier alpha value is -1.65. The Labute approximate surface area is 93.5 Å². The van der Waals surface area contributed by atoms with Crippen LogP contribution in [0.2, 0.25) is 0 Å². The molecule has 5 heteroatoms. The van der Waals surface area contributed by atoms with Gasteiger partial charge in [-0.3, -0.25) is 9.59 Å². The number of rotatable bonds is 1. The number of H-pyrrole nitrogens is 1. The molecule has 1 aliphatic rings. The first-order valence-corrected chi connectivity index (χ1v) is 5.54. The zero-order valence-electron chi connectivity index (χ0n) is 9.27. The Kier molecular flexibility index (Phi) is 3.03. The van der Waals surface area contributed by atoms with Gasteiger partial charge in [-0.05, 0) is 26.2 Å². The van der Waals surface area contributed by atoms with Crippen molar-refractivity contribution >= 4 is 5.91 Å². The van der Waals surface area contributed by atoms with Crippen molar-refractivity contribution in [2.24, 2.45) is 0 Å². The fourth-order valence-corrected chi connectivity index (χ4v) is 2.01. The number of nitrogens with one attached hydrogen (secondary N) is 1. The molecule has 1 N–H and O–H groups in total. The number of carbonyl (C=O) groups excluding carboxylic acids is 1. The van der Waals surface area contributed by atoms with Crippen molar-refractivity contribution < 1.29 is 4.79 Å². The molecule has 1 saturated heterocycles. The van der Waals surface area contributed by atoms with E-state index >= 15 is 0 Å². The molecule has 16 heavy (non-hydrogen) atoms. The Morgan fingerprint density at radius 1 is 1.56 bits per heavy atom. The van der Waals surface area contributed by atoms with Crippen molar-refractivity contribution in [2.45, 2.75) is 32.2 Å². The summed E-state index contributed by atoms with van der Waals surface area (Å²) in [6, 6.07) is 0.259. The van der Waals surface area contributed by atoms with Gasteiger partial charge in [-0.15, -0.1) is 0 Å². The van der Waals surface area contributed by atoms with Crippen molar-refractivity contribution in [2.75, 3.05) is 6.54 Å². The number of piperidine rings is 1. The van der Waals surface area contributed by atoms with Gasteiger partial charge < -0.3 is 9.88 Å². The quantitative estimate of drug-likeness (QED) is 0.762. The molecule has 5 nitrogen and oxygen atoms in total. The number of hydrogen-bond acceptors (Lipinski definition) is 3. The second-order valence-corrected chi connectivity index (χ2v) is 4.14. The van der Waals surface area contributed by atoms with Crippen molar-refractivity contribution in [3.8, 4) is 0 Å². The SMILES string of the molecule is CC1CCCCN1C(=O)c1c[nH]c(=O)cn1. The molecule has 1 atom stereocenters. The largest absolute Gasteiger partial charge is 0.335 e. The van der Waals surface area contributed by atoms with Crippen LogP contribution in [-0.4, -0.2) is 33.4 Å². The van der Waals surface area contributed by atoms with Gasteiger partial charge in [-0.2, -0.15) is 0 Å². The van der Waals surface area contributed by atoms with Gasteiger partial charge in [0, 0.05) is 18.8 Å². The summed E-state index contributed by atoms with van der Waals surface area (Å²) in [7, 11) is 0. The lowest BCUT2D eigenvalue weighted by Crippen LogP contribution is -2.42. The monoisotopic (exact) mass is 221 g/mol. The van der Waals surface area contributed by atoms with Crippen LogP contribution in [0.4, 0.5) is 0 Å². The number of carbonyl (C=O) groups is 1. The Balaban J connectivity index is 2.17. The number of aromatic amines is 1. The van der Waals surface area contributed by atoms with Crippen LogP contribution in [0.3, 0.4) is 0 Å². The third-order valence-corrected chi connectivity index (χ3v) is 2.95. The van der Waals surface area contributed by atoms with Gasteiger partial charge in [-0.25, -0.2) is 4.98 Å². The van der Waals surface area contributed by atoms with Gasteiger partial charge in [0.25, 0.3) is 11.5 Å². The van der Waals surface area contributed by atoms with E-state index in [0.29, 0.717) is 5.69 Å². The second-order valence-electron chi connectivity index (χ2n) is 4.14. The maximum atomic E-state index is 12.1. The molecule has 0 radical (unpaired) electrons. The molecule has 1 amide bonds. The zero-order chi connectivity index (χ0) is 11.5. The fourth-order valence-electron chi connectivity index (χ4n) is 2.01. The minimum Gasteiger partial charge on any atom is -0.335 e. The summed E-state index contributed by atoms with van der Waals surface area (Å²) in [4.78, 5) is 31.1. The number of likely N-dealkylation sites (tertiary alicyclic amines) is 1. The first-order chi connectivity index (χ1) is 7.68. The van der Waals surface area contributed by atoms with Gasteiger partial charge in [-0.1, -0.05) is 0 Å². The minimum absolute atomic E-state index is 0.0940. The first kappa shape index (κ1) is 10.9. The van der Waals surface area contributed by atoms with E-state index in [0.717, 1.165) is 25.6 Å². The summed E-state index contributed by atoms with van der Waals surface area (Å²) in [5.41, 5.74) is 0.0246. The average Bonchev–Trinajstić information content (AvgIpc) is 2.30. The molecule has 2 rings (SSSR count). The van der Waals surface area contributed by atoms with E-state index in [9.17, 15) is 9.59 Å². The molecule has 0 saturated carbocycles. The lowest BCUT2D eigenvalue weighted by molar-refractivity contribution is 0.0629. The van der Waals surface area contributed by atoms with Gasteiger partial charge in [0.2, 0.25) is 0 Å². The van der Waals surface area contributed by atoms with Crippen LogP contribution in [0.25, 0.3) is 0 Å². The van der Waals surface area contributed by atoms with Crippen LogP contribution >= 0.6 is 0 Å². The third kappa shape index (κ3) is 2.13. The van der Waals surface area contributed by atoms with Gasteiger partial charge in [0.1, 0.15) is 5.69 Å². The van der Waals surface area contributed by atoms with Gasteiger partial charge in [0.05, 0.1) is 6.20 Å². The fraction of sp³-hybridized carbons (Fsp3) is 0.545. The van der Waals surface area contributed by atoms with Crippen molar-refractivity contribution in [1.82, 2.24) is 14.9 Å². The van der Waals surface area contributed by atoms with E-state index in [-0.39, 0.29) is 17.5 Å². The van der Waals surface area contributed by atoms with E-state index in [1.54, 1.807) is 0 Å².